The van der Waals surface area contributed by atoms with Crippen LogP contribution in [0.15, 0.2) is 60.7 Å². The van der Waals surface area contributed by atoms with Crippen LogP contribution in [0.4, 0.5) is 0 Å². The van der Waals surface area contributed by atoms with E-state index in [4.69, 9.17) is 0 Å². The number of hydrogen-bond donors (Lipinski definition) is 0. The van der Waals surface area contributed by atoms with E-state index in [1.165, 1.54) is 11.1 Å². The summed E-state index contributed by atoms with van der Waals surface area (Å²) in [6.45, 7) is 4.17. The fraction of sp³-hybridized carbons (Fsp3) is 0.125. The van der Waals surface area contributed by atoms with Gasteiger partial charge in [0.15, 0.2) is 0 Å². The van der Waals surface area contributed by atoms with E-state index in [9.17, 15) is 0 Å². The molecule has 0 bridgehead atoms. The van der Waals surface area contributed by atoms with E-state index in [1.54, 1.807) is 0 Å². The summed E-state index contributed by atoms with van der Waals surface area (Å²) in [6, 6.07) is 20.5. The monoisotopic (exact) mass is 303 g/mol. The third-order valence-corrected chi connectivity index (χ3v) is 1.88. The van der Waals surface area contributed by atoms with Crippen LogP contribution in [-0.4, -0.2) is 0 Å². The van der Waals surface area contributed by atoms with Gasteiger partial charge in [-0.1, -0.05) is 71.8 Å². The van der Waals surface area contributed by atoms with Crippen molar-refractivity contribution >= 4 is 0 Å². The summed E-state index contributed by atoms with van der Waals surface area (Å²) in [7, 11) is 0. The van der Waals surface area contributed by atoms with Crippen molar-refractivity contribution in [1.82, 2.24) is 0 Å². The molecule has 0 aliphatic rings. The van der Waals surface area contributed by atoms with Crippen LogP contribution in [0.5, 0.6) is 0 Å². The van der Waals surface area contributed by atoms with Gasteiger partial charge in [-0.25, -0.2) is 0 Å². The molecule has 0 heterocycles. The van der Waals surface area contributed by atoms with Crippen molar-refractivity contribution in [2.75, 3.05) is 0 Å². The van der Waals surface area contributed by atoms with Gasteiger partial charge < -0.3 is 14.9 Å². The Balaban J connectivity index is -0.000000196. The minimum Gasteiger partial charge on any atom is -0.358 e. The molecule has 0 fully saturated rings. The minimum atomic E-state index is 0. The number of benzene rings is 2. The Kier molecular flexibility index (Phi) is 17.4. The van der Waals surface area contributed by atoms with Gasteiger partial charge in [0.05, 0.1) is 0 Å². The van der Waals surface area contributed by atoms with Crippen molar-refractivity contribution in [3.8, 4) is 0 Å². The second kappa shape index (κ2) is 13.6. The Labute approximate surface area is 132 Å². The van der Waals surface area contributed by atoms with Crippen molar-refractivity contribution in [2.24, 2.45) is 0 Å². The van der Waals surface area contributed by atoms with E-state index < -0.39 is 0 Å². The summed E-state index contributed by atoms with van der Waals surface area (Å²) in [5.41, 5.74) is 2.64. The predicted molar refractivity (Wildman–Crippen MR) is 75.2 cm³/mol. The molecule has 0 saturated heterocycles. The van der Waals surface area contributed by atoms with Gasteiger partial charge in [0, 0.05) is 32.7 Å². The second-order valence-electron chi connectivity index (χ2n) is 3.31. The Morgan fingerprint density at radius 2 is 0.765 bits per heavy atom. The maximum absolute atomic E-state index is 2.08. The largest absolute Gasteiger partial charge is 0.358 e. The first-order valence-corrected chi connectivity index (χ1v) is 4.82. The standard InChI is InChI=1S/2C7H8.2CH3.Y/c2*1-7-5-3-2-4-6-7;;;/h2*2-6H,1H3;2*1H3;/q;;2*-1;. The first-order valence-electron chi connectivity index (χ1n) is 4.82. The molecule has 17 heavy (non-hydrogen) atoms. The summed E-state index contributed by atoms with van der Waals surface area (Å²) >= 11 is 0. The smallest absolute Gasteiger partial charge is 0 e. The average molecular weight is 303 g/mol. The summed E-state index contributed by atoms with van der Waals surface area (Å²) < 4.78 is 0. The molecule has 1 radical (unpaired) electrons. The van der Waals surface area contributed by atoms with Crippen LogP contribution in [-0.2, 0) is 32.7 Å². The van der Waals surface area contributed by atoms with Crippen molar-refractivity contribution in [3.05, 3.63) is 86.6 Å². The molecule has 0 nitrogen and oxygen atoms in total. The average Bonchev–Trinajstić information content (AvgIpc) is 2.21. The van der Waals surface area contributed by atoms with E-state index >= 15 is 0 Å². The minimum absolute atomic E-state index is 0. The van der Waals surface area contributed by atoms with Crippen LogP contribution < -0.4 is 0 Å². The van der Waals surface area contributed by atoms with Gasteiger partial charge in [0.2, 0.25) is 0 Å². The molecular formula is C16H22Y-2. The number of rotatable bonds is 0. The molecule has 0 saturated carbocycles. The second-order valence-corrected chi connectivity index (χ2v) is 3.31. The zero-order valence-electron chi connectivity index (χ0n) is 11.4. The summed E-state index contributed by atoms with van der Waals surface area (Å²) in [5, 5.41) is 0. The van der Waals surface area contributed by atoms with Gasteiger partial charge in [0.1, 0.15) is 0 Å². The third-order valence-electron chi connectivity index (χ3n) is 1.88. The van der Waals surface area contributed by atoms with E-state index in [-0.39, 0.29) is 47.6 Å². The molecular weight excluding hydrogens is 281 g/mol. The Bertz CT molecular complexity index is 303. The molecule has 0 spiro atoms. The van der Waals surface area contributed by atoms with Gasteiger partial charge in [-0.05, 0) is 13.8 Å². The van der Waals surface area contributed by atoms with E-state index in [0.717, 1.165) is 0 Å². The van der Waals surface area contributed by atoms with Gasteiger partial charge >= 0.3 is 0 Å². The van der Waals surface area contributed by atoms with Crippen molar-refractivity contribution in [1.29, 1.82) is 0 Å². The molecule has 0 atom stereocenters. The van der Waals surface area contributed by atoms with E-state index in [2.05, 4.69) is 38.1 Å². The molecule has 0 aliphatic carbocycles. The Morgan fingerprint density at radius 1 is 0.529 bits per heavy atom. The van der Waals surface area contributed by atoms with Gasteiger partial charge in [0.25, 0.3) is 0 Å². The van der Waals surface area contributed by atoms with Crippen LogP contribution in [0.1, 0.15) is 11.1 Å². The summed E-state index contributed by atoms with van der Waals surface area (Å²) in [5.74, 6) is 0. The molecule has 1 heteroatoms. The van der Waals surface area contributed by atoms with Gasteiger partial charge in [-0.3, -0.25) is 0 Å². The van der Waals surface area contributed by atoms with Gasteiger partial charge in [-0.2, -0.15) is 0 Å². The zero-order chi connectivity index (χ0) is 10.2. The van der Waals surface area contributed by atoms with E-state index in [1.807, 2.05) is 36.4 Å². The molecule has 0 unspecified atom stereocenters. The van der Waals surface area contributed by atoms with Gasteiger partial charge in [-0.15, -0.1) is 0 Å². The molecule has 0 aromatic heterocycles. The van der Waals surface area contributed by atoms with Crippen LogP contribution in [0.25, 0.3) is 0 Å². The zero-order valence-corrected chi connectivity index (χ0v) is 14.2. The predicted octanol–water partition coefficient (Wildman–Crippen LogP) is 4.89. The van der Waals surface area contributed by atoms with Crippen molar-refractivity contribution in [2.45, 2.75) is 13.8 Å². The normalized spacial score (nSPS) is 7.18. The molecule has 2 aromatic rings. The molecule has 0 N–H and O–H groups in total. The third kappa shape index (κ3) is 11.8. The van der Waals surface area contributed by atoms with Crippen LogP contribution in [0.3, 0.4) is 0 Å². The quantitative estimate of drug-likeness (QED) is 0.608. The first-order chi connectivity index (χ1) is 6.79. The van der Waals surface area contributed by atoms with Crippen molar-refractivity contribution in [3.63, 3.8) is 0 Å². The molecule has 0 aliphatic heterocycles. The molecule has 91 valence electrons. The molecule has 0 amide bonds. The van der Waals surface area contributed by atoms with Crippen LogP contribution in [0.2, 0.25) is 0 Å². The SMILES string of the molecule is Cc1ccccc1.Cc1ccccc1.[CH3-].[CH3-].[Y]. The van der Waals surface area contributed by atoms with Crippen LogP contribution in [0, 0.1) is 28.7 Å². The maximum Gasteiger partial charge on any atom is 0 e. The topological polar surface area (TPSA) is 0 Å². The van der Waals surface area contributed by atoms with Crippen molar-refractivity contribution < 1.29 is 32.7 Å². The fourth-order valence-electron chi connectivity index (χ4n) is 1.07. The van der Waals surface area contributed by atoms with E-state index in [0.29, 0.717) is 0 Å². The Hall–Kier alpha value is -0.456. The Morgan fingerprint density at radius 3 is 0.882 bits per heavy atom. The number of hydrogen-bond acceptors (Lipinski definition) is 0. The maximum atomic E-state index is 2.08. The molecule has 2 aromatic carbocycles. The molecule has 2 rings (SSSR count). The summed E-state index contributed by atoms with van der Waals surface area (Å²) in [6.07, 6.45) is 0. The van der Waals surface area contributed by atoms with Crippen LogP contribution >= 0.6 is 0 Å². The fourth-order valence-corrected chi connectivity index (χ4v) is 1.07. The number of aryl methyl sites for hydroxylation is 2. The summed E-state index contributed by atoms with van der Waals surface area (Å²) in [4.78, 5) is 0. The first kappa shape index (κ1) is 21.8.